The van der Waals surface area contributed by atoms with Crippen LogP contribution in [0.2, 0.25) is 8.67 Å². The minimum Gasteiger partial charge on any atom is -0.251 e. The summed E-state index contributed by atoms with van der Waals surface area (Å²) in [4.78, 5) is 4.14. The van der Waals surface area contributed by atoms with Crippen molar-refractivity contribution < 1.29 is 8.42 Å². The first-order valence-electron chi connectivity index (χ1n) is 6.71. The maximum Gasteiger partial charge on any atom is 0.266 e. The van der Waals surface area contributed by atoms with Crippen LogP contribution in [0.15, 0.2) is 21.1 Å². The molecule has 2 rings (SSSR count). The molecule has 6 nitrogen and oxygen atoms in total. The maximum atomic E-state index is 12.5. The first kappa shape index (κ1) is 17.5. The summed E-state index contributed by atoms with van der Waals surface area (Å²) in [6.45, 7) is 4.89. The number of guanidine groups is 1. The Kier molecular flexibility index (Phi) is 5.70. The molecule has 0 saturated carbocycles. The molecule has 0 amide bonds. The number of nitrogens with one attached hydrogen (secondary N) is 1. The fraction of sp³-hybridized carbons (Fsp3) is 0.500. The third-order valence-corrected chi connectivity index (χ3v) is 6.12. The van der Waals surface area contributed by atoms with E-state index in [9.17, 15) is 8.42 Å². The van der Waals surface area contributed by atoms with E-state index in [-0.39, 0.29) is 21.1 Å². The first-order chi connectivity index (χ1) is 10.4. The quantitative estimate of drug-likeness (QED) is 0.642. The number of sulfonamides is 1. The lowest BCUT2D eigenvalue weighted by molar-refractivity contribution is 0.429. The second-order valence-corrected chi connectivity index (χ2v) is 8.54. The summed E-state index contributed by atoms with van der Waals surface area (Å²) in [7, 11) is -3.86. The van der Waals surface area contributed by atoms with Crippen LogP contribution in [0.25, 0.3) is 0 Å². The van der Waals surface area contributed by atoms with Gasteiger partial charge in [-0.25, -0.2) is 18.1 Å². The highest BCUT2D eigenvalue weighted by molar-refractivity contribution is 7.90. The largest absolute Gasteiger partial charge is 0.266 e. The molecular weight excluding hydrogens is 367 g/mol. The highest BCUT2D eigenvalue weighted by atomic mass is 35.5. The van der Waals surface area contributed by atoms with Gasteiger partial charge in [-0.2, -0.15) is 5.10 Å². The third-order valence-electron chi connectivity index (χ3n) is 3.04. The van der Waals surface area contributed by atoms with Crippen molar-refractivity contribution >= 4 is 56.7 Å². The zero-order chi connectivity index (χ0) is 16.3. The first-order valence-corrected chi connectivity index (χ1v) is 9.76. The van der Waals surface area contributed by atoms with Crippen molar-refractivity contribution in [3.63, 3.8) is 0 Å². The molecule has 22 heavy (non-hydrogen) atoms. The normalized spacial score (nSPS) is 19.0. The highest BCUT2D eigenvalue weighted by Gasteiger charge is 2.27. The molecule has 0 aromatic carbocycles. The lowest BCUT2D eigenvalue weighted by atomic mass is 10.1. The van der Waals surface area contributed by atoms with Crippen molar-refractivity contribution in [1.29, 1.82) is 0 Å². The molecule has 122 valence electrons. The van der Waals surface area contributed by atoms with E-state index in [1.165, 1.54) is 6.07 Å². The van der Waals surface area contributed by atoms with Crippen LogP contribution < -0.4 is 4.72 Å². The minimum absolute atomic E-state index is 0.0526. The highest BCUT2D eigenvalue weighted by Crippen LogP contribution is 2.34. The molecule has 1 unspecified atom stereocenters. The minimum atomic E-state index is -3.86. The van der Waals surface area contributed by atoms with Crippen LogP contribution in [0, 0.1) is 5.92 Å². The zero-order valence-corrected chi connectivity index (χ0v) is 15.2. The van der Waals surface area contributed by atoms with Crippen molar-refractivity contribution in [1.82, 2.24) is 9.73 Å². The van der Waals surface area contributed by atoms with Crippen LogP contribution >= 0.6 is 34.5 Å². The molecule has 1 aromatic heterocycles. The van der Waals surface area contributed by atoms with Gasteiger partial charge >= 0.3 is 0 Å². The second-order valence-electron chi connectivity index (χ2n) is 4.61. The van der Waals surface area contributed by atoms with Crippen LogP contribution in [0.3, 0.4) is 0 Å². The average molecular weight is 383 g/mol. The molecule has 2 heterocycles. The molecule has 0 saturated heterocycles. The lowest BCUT2D eigenvalue weighted by Crippen LogP contribution is -2.41. The molecular formula is C12H16Cl2N4O2S2. The molecule has 1 aliphatic rings. The van der Waals surface area contributed by atoms with Crippen molar-refractivity contribution in [2.75, 3.05) is 13.1 Å². The average Bonchev–Trinajstić information content (AvgIpc) is 3.04. The summed E-state index contributed by atoms with van der Waals surface area (Å²) in [6, 6.07) is 1.32. The monoisotopic (exact) mass is 382 g/mol. The topological polar surface area (TPSA) is 74.1 Å². The molecule has 0 aliphatic carbocycles. The number of thiophene rings is 1. The number of hydrogen-bond acceptors (Lipinski definition) is 5. The van der Waals surface area contributed by atoms with Crippen LogP contribution in [0.1, 0.15) is 20.3 Å². The predicted molar refractivity (Wildman–Crippen MR) is 91.6 cm³/mol. The third kappa shape index (κ3) is 3.92. The van der Waals surface area contributed by atoms with Gasteiger partial charge in [0.05, 0.1) is 10.9 Å². The number of hydrogen-bond donors (Lipinski definition) is 1. The summed E-state index contributed by atoms with van der Waals surface area (Å²) in [5.41, 5.74) is 0. The summed E-state index contributed by atoms with van der Waals surface area (Å²) in [6.07, 6.45) is 2.73. The SMILES string of the molecule is CCN=C(NS(=O)(=O)c1cc(Cl)sc1Cl)N1CC(CC)C=N1. The Balaban J connectivity index is 2.23. The maximum absolute atomic E-state index is 12.5. The van der Waals surface area contributed by atoms with Gasteiger partial charge in [0.15, 0.2) is 0 Å². The number of aliphatic imine (C=N–C) groups is 1. The van der Waals surface area contributed by atoms with Gasteiger partial charge < -0.3 is 0 Å². The van der Waals surface area contributed by atoms with Gasteiger partial charge in [0.25, 0.3) is 10.0 Å². The Morgan fingerprint density at radius 3 is 2.77 bits per heavy atom. The van der Waals surface area contributed by atoms with Gasteiger partial charge in [-0.1, -0.05) is 30.1 Å². The Morgan fingerprint density at radius 2 is 2.27 bits per heavy atom. The fourth-order valence-corrected chi connectivity index (χ4v) is 5.04. The lowest BCUT2D eigenvalue weighted by Gasteiger charge is -2.19. The number of nitrogens with zero attached hydrogens (tertiary/aromatic N) is 3. The van der Waals surface area contributed by atoms with E-state index in [1.54, 1.807) is 11.2 Å². The van der Waals surface area contributed by atoms with Crippen molar-refractivity contribution in [3.05, 3.63) is 14.7 Å². The molecule has 0 fully saturated rings. The standard InChI is InChI=1S/C12H16Cl2N4O2S2/c1-3-8-6-16-18(7-8)12(15-4-2)17-22(19,20)9-5-10(13)21-11(9)14/h5-6,8H,3-4,7H2,1-2H3,(H,15,17). The summed E-state index contributed by atoms with van der Waals surface area (Å²) in [5, 5.41) is 5.76. The number of hydrazone groups is 1. The zero-order valence-electron chi connectivity index (χ0n) is 12.1. The van der Waals surface area contributed by atoms with Crippen LogP contribution in [0.5, 0.6) is 0 Å². The van der Waals surface area contributed by atoms with Gasteiger partial charge in [-0.15, -0.1) is 11.3 Å². The fourth-order valence-electron chi connectivity index (χ4n) is 1.87. The van der Waals surface area contributed by atoms with E-state index in [4.69, 9.17) is 23.2 Å². The van der Waals surface area contributed by atoms with Crippen LogP contribution in [0.4, 0.5) is 0 Å². The Bertz CT molecular complexity index is 700. The van der Waals surface area contributed by atoms with E-state index in [2.05, 4.69) is 14.8 Å². The molecule has 1 N–H and O–H groups in total. The van der Waals surface area contributed by atoms with E-state index >= 15 is 0 Å². The van der Waals surface area contributed by atoms with Crippen molar-refractivity contribution in [2.45, 2.75) is 25.2 Å². The second kappa shape index (κ2) is 7.16. The Labute approximate surface area is 143 Å². The predicted octanol–water partition coefficient (Wildman–Crippen LogP) is 3.04. The summed E-state index contributed by atoms with van der Waals surface area (Å²) >= 11 is 12.7. The van der Waals surface area contributed by atoms with E-state index in [1.807, 2.05) is 13.8 Å². The van der Waals surface area contributed by atoms with Gasteiger partial charge in [-0.3, -0.25) is 4.99 Å². The molecule has 1 atom stereocenters. The molecule has 1 aromatic rings. The van der Waals surface area contributed by atoms with Gasteiger partial charge in [0.2, 0.25) is 5.96 Å². The summed E-state index contributed by atoms with van der Waals surface area (Å²) in [5.74, 6) is 0.471. The van der Waals surface area contributed by atoms with Gasteiger partial charge in [-0.05, 0) is 19.4 Å². The summed E-state index contributed by atoms with van der Waals surface area (Å²) < 4.78 is 27.8. The van der Waals surface area contributed by atoms with Crippen molar-refractivity contribution in [2.24, 2.45) is 16.0 Å². The number of halogens is 2. The molecule has 0 radical (unpaired) electrons. The van der Waals surface area contributed by atoms with Gasteiger partial charge in [0.1, 0.15) is 9.23 Å². The molecule has 1 aliphatic heterocycles. The molecule has 0 bridgehead atoms. The Morgan fingerprint density at radius 1 is 1.55 bits per heavy atom. The van der Waals surface area contributed by atoms with E-state index in [0.29, 0.717) is 17.4 Å². The molecule has 10 heteroatoms. The van der Waals surface area contributed by atoms with Crippen LogP contribution in [-0.2, 0) is 10.0 Å². The number of rotatable bonds is 4. The smallest absolute Gasteiger partial charge is 0.251 e. The molecule has 0 spiro atoms. The van der Waals surface area contributed by atoms with Crippen LogP contribution in [-0.4, -0.2) is 38.7 Å². The van der Waals surface area contributed by atoms with E-state index < -0.39 is 10.0 Å². The van der Waals surface area contributed by atoms with Crippen molar-refractivity contribution in [3.8, 4) is 0 Å². The Hall–Kier alpha value is -0.830. The van der Waals surface area contributed by atoms with E-state index in [0.717, 1.165) is 17.8 Å². The van der Waals surface area contributed by atoms with Gasteiger partial charge in [0, 0.05) is 18.7 Å².